The molecule has 0 radical (unpaired) electrons. The second kappa shape index (κ2) is 45.0. The number of amides is 11. The fourth-order valence-corrected chi connectivity index (χ4v) is 15.3. The second-order valence-electron chi connectivity index (χ2n) is 31.4. The molecule has 13 rings (SSSR count). The summed E-state index contributed by atoms with van der Waals surface area (Å²) in [5.74, 6) is -13.1. The Hall–Kier alpha value is -16.8. The van der Waals surface area contributed by atoms with Crippen LogP contribution < -0.4 is 79.1 Å². The van der Waals surface area contributed by atoms with Gasteiger partial charge < -0.3 is 129 Å². The second-order valence-corrected chi connectivity index (χ2v) is 32.4. The maximum absolute atomic E-state index is 15.3. The normalized spacial score (nSPS) is 13.5. The summed E-state index contributed by atoms with van der Waals surface area (Å²) in [4.78, 5) is 253. The van der Waals surface area contributed by atoms with Crippen molar-refractivity contribution in [3.63, 3.8) is 0 Å². The number of carbonyl (C=O) groups excluding carboxylic acids is 11. The summed E-state index contributed by atoms with van der Waals surface area (Å²) in [5.41, 5.74) is 10.8. The van der Waals surface area contributed by atoms with E-state index in [2.05, 4.69) is 148 Å². The number of anilines is 2. The van der Waals surface area contributed by atoms with Crippen LogP contribution >= 0.6 is 11.8 Å². The third-order valence-electron chi connectivity index (χ3n) is 21.3. The molecule has 2 aliphatic rings. The zero-order valence-corrected chi connectivity index (χ0v) is 73.2. The van der Waals surface area contributed by atoms with E-state index in [1.54, 1.807) is 12.1 Å². The van der Waals surface area contributed by atoms with Gasteiger partial charge in [0.15, 0.2) is 0 Å². The number of aliphatic carboxylic acids is 1. The number of aromatic nitrogens is 18. The van der Waals surface area contributed by atoms with Crippen molar-refractivity contribution in [3.05, 3.63) is 229 Å². The van der Waals surface area contributed by atoms with E-state index in [-0.39, 0.29) is 126 Å². The number of nitrogens with two attached hydrogens (primary N) is 1. The van der Waals surface area contributed by atoms with Crippen LogP contribution in [0.15, 0.2) is 172 Å². The molecule has 0 bridgehead atoms. The average molecular weight is 1850 g/mol. The third-order valence-corrected chi connectivity index (χ3v) is 22.3. The summed E-state index contributed by atoms with van der Waals surface area (Å²) in [6.07, 6.45) is 21.9. The summed E-state index contributed by atoms with van der Waals surface area (Å²) in [5, 5.41) is 51.7. The highest BCUT2D eigenvalue weighted by atomic mass is 32.2. The van der Waals surface area contributed by atoms with Crippen LogP contribution in [0, 0.1) is 0 Å². The molecule has 9 aromatic heterocycles. The molecule has 49 heteroatoms. The Kier molecular flexibility index (Phi) is 31.8. The molecule has 1 aliphatic carbocycles. The van der Waals surface area contributed by atoms with Crippen molar-refractivity contribution < 1.29 is 77.0 Å². The fourth-order valence-electron chi connectivity index (χ4n) is 14.5. The number of rotatable bonds is 47. The van der Waals surface area contributed by atoms with Gasteiger partial charge in [0.1, 0.15) is 85.9 Å². The SMILES string of the molecule is CN(C)c1ccc2c(-c3ccc(NC(=O)CSC[C@H](NC(=O)CN)C(=O)N[C@@H](Cc4c[nH]cn4)C(=O)N[C@@H](Cc4c[nH]cn4)C(=O)N[C@@H](Cc4c[nH]cn4)C(=O)N[C@@H](Cc4c[nH]cn4)C(=O)N[C@@H](Cc4c[nH]cn4)C(=O)N[C@@H](Cc4c[nH]cn4)C(=O)N[C@@H](Cc4c[nH]cn4)C(=O)N[C@@H](Cc4c[nH]cn4)C(=O)N[C@@H](Cc4c[nH]cn4)C(=O)O)cc3C(=O)O)c3ccc(=[N+](C)C)cc-3oc2c1. The van der Waals surface area contributed by atoms with Crippen LogP contribution in [0.25, 0.3) is 33.4 Å². The van der Waals surface area contributed by atoms with Crippen LogP contribution in [0.1, 0.15) is 61.6 Å². The quantitative estimate of drug-likeness (QED) is 0.0136. The number of fused-ring (bicyclic) bond motifs is 2. The molecule has 0 fully saturated rings. The summed E-state index contributed by atoms with van der Waals surface area (Å²) in [6, 6.07) is -0.221. The van der Waals surface area contributed by atoms with E-state index in [0.29, 0.717) is 39.1 Å². The van der Waals surface area contributed by atoms with Crippen molar-refractivity contribution in [2.45, 2.75) is 118 Å². The Morgan fingerprint density at radius 3 is 0.993 bits per heavy atom. The molecular weight excluding hydrogens is 1760 g/mol. The number of aromatic amines is 9. The highest BCUT2D eigenvalue weighted by Gasteiger charge is 2.39. The maximum Gasteiger partial charge on any atom is 0.336 e. The van der Waals surface area contributed by atoms with E-state index in [0.717, 1.165) is 22.8 Å². The molecule has 24 N–H and O–H groups in total. The molecule has 10 heterocycles. The molecule has 48 nitrogen and oxygen atoms in total. The number of carboxylic acids is 2. The number of nitrogens with zero attached hydrogens (tertiary/aromatic N) is 11. The van der Waals surface area contributed by atoms with Crippen LogP contribution in [-0.4, -0.2) is 284 Å². The Morgan fingerprint density at radius 2 is 0.701 bits per heavy atom. The van der Waals surface area contributed by atoms with Gasteiger partial charge in [-0.25, -0.2) is 59.0 Å². The smallest absolute Gasteiger partial charge is 0.336 e. The van der Waals surface area contributed by atoms with Crippen molar-refractivity contribution in [3.8, 4) is 22.5 Å². The molecule has 0 saturated carbocycles. The van der Waals surface area contributed by atoms with Gasteiger partial charge in [-0.1, -0.05) is 6.07 Å². The van der Waals surface area contributed by atoms with Crippen LogP contribution in [0.3, 0.4) is 0 Å². The number of carboxylic acid groups (broad SMARTS) is 2. The van der Waals surface area contributed by atoms with Gasteiger partial charge in [0.05, 0.1) is 132 Å². The van der Waals surface area contributed by atoms with Gasteiger partial charge in [0.25, 0.3) is 0 Å². The predicted molar refractivity (Wildman–Crippen MR) is 479 cm³/mol. The van der Waals surface area contributed by atoms with Crippen molar-refractivity contribution in [1.29, 1.82) is 0 Å². The zero-order valence-electron chi connectivity index (χ0n) is 72.4. The summed E-state index contributed by atoms with van der Waals surface area (Å²) in [6.45, 7) is -0.583. The van der Waals surface area contributed by atoms with Crippen molar-refractivity contribution >= 4 is 111 Å². The molecule has 11 amide bonds. The maximum atomic E-state index is 15.3. The first kappa shape index (κ1) is 94.8. The van der Waals surface area contributed by atoms with Gasteiger partial charge in [-0.15, -0.1) is 11.8 Å². The molecule has 698 valence electrons. The third kappa shape index (κ3) is 25.8. The van der Waals surface area contributed by atoms with Crippen molar-refractivity contribution in [2.24, 2.45) is 5.73 Å². The van der Waals surface area contributed by atoms with Crippen LogP contribution in [0.4, 0.5) is 11.4 Å². The predicted octanol–water partition coefficient (Wildman–Crippen LogP) is -2.74. The minimum absolute atomic E-state index is 0.126. The Balaban J connectivity index is 0.706. The first-order chi connectivity index (χ1) is 64.6. The molecule has 0 saturated heterocycles. The van der Waals surface area contributed by atoms with Gasteiger partial charge in [0.2, 0.25) is 70.3 Å². The van der Waals surface area contributed by atoms with Crippen LogP contribution in [0.5, 0.6) is 0 Å². The Bertz CT molecular complexity index is 6220. The van der Waals surface area contributed by atoms with Crippen molar-refractivity contribution in [1.82, 2.24) is 147 Å². The fraction of sp³-hybridized carbons (Fsp3) is 0.306. The molecule has 11 aromatic rings. The van der Waals surface area contributed by atoms with E-state index in [9.17, 15) is 43.8 Å². The van der Waals surface area contributed by atoms with E-state index in [4.69, 9.17) is 10.2 Å². The molecule has 1 aliphatic heterocycles. The van der Waals surface area contributed by atoms with E-state index < -0.39 is 144 Å². The lowest BCUT2D eigenvalue weighted by Crippen LogP contribution is -2.62. The van der Waals surface area contributed by atoms with Crippen molar-refractivity contribution in [2.75, 3.05) is 56.5 Å². The summed E-state index contributed by atoms with van der Waals surface area (Å²) in [7, 11) is 7.54. The lowest BCUT2D eigenvalue weighted by Gasteiger charge is -2.28. The molecule has 0 unspecified atom stereocenters. The molecular formula is C85H97N32O16S+. The lowest BCUT2D eigenvalue weighted by atomic mass is 9.90. The number of thioether (sulfide) groups is 1. The first-order valence-corrected chi connectivity index (χ1v) is 43.0. The van der Waals surface area contributed by atoms with Crippen LogP contribution in [-0.2, 0) is 115 Å². The summed E-state index contributed by atoms with van der Waals surface area (Å²) >= 11 is 0.899. The Labute approximate surface area is 764 Å². The zero-order chi connectivity index (χ0) is 94.9. The van der Waals surface area contributed by atoms with E-state index >= 15 is 28.8 Å². The minimum atomic E-state index is -1.66. The van der Waals surface area contributed by atoms with Gasteiger partial charge in [-0.3, -0.25) is 52.7 Å². The number of H-pyrrole nitrogens is 9. The highest BCUT2D eigenvalue weighted by Crippen LogP contribution is 2.43. The standard InChI is InChI=1S/C85H96N32O16S/c1-116(2)54-6-9-57-70(21-54)133-71-22-55(117(3)4)7-10-58(71)74(57)56-8-5-44(11-59(56)84(129)130)105-73(119)34-134-33-69(106-72(118)23-86)83(128)114-66(18-51-30-93-41-102-51)81(126)112-64(16-49-28-91-39-100-49)79(124)110-62(14-47-26-89-37-98-47)77(122)108-60(12-45-24-87-35-96-45)75(120)107-61(13-46-25-88-36-97-46)76(121)109-63(15-48-27-90-38-99-48)78(123)111-65(17-50-29-92-40-101-50)80(125)113-67(19-52-31-94-42-103-52)82(127)115-68(85(131)132)20-53-32-95-43-104-53/h5-11,21-22,24-32,35-43,60-69H,12-20,23,33-34,86H2,1-4H3,(H21,87,88,89,90,91,92,93,94,95,96,97,98,99,100,101,102,103,104,106,107,108,109,110,111,112,113,114,115,118,120,121,122,123,124,125,126,127,128,129,130,131,132)/p+1/t60-,61-,62-,63-,64-,65-,66-,67-,68-,69-/m0/s1. The van der Waals surface area contributed by atoms with Gasteiger partial charge in [0, 0.05) is 173 Å². The van der Waals surface area contributed by atoms with E-state index in [1.807, 2.05) is 74.1 Å². The number of hydrogen-bond acceptors (Lipinski definition) is 26. The minimum Gasteiger partial charge on any atom is -0.480 e. The number of carbonyl (C=O) groups is 13. The lowest BCUT2D eigenvalue weighted by molar-refractivity contribution is -0.142. The van der Waals surface area contributed by atoms with Gasteiger partial charge >= 0.3 is 11.9 Å². The number of hydrogen-bond donors (Lipinski definition) is 23. The Morgan fingerprint density at radius 1 is 0.388 bits per heavy atom. The molecule has 2 aromatic carbocycles. The molecule has 10 atom stereocenters. The average Bonchev–Trinajstić information content (AvgIpc) is 0.867. The van der Waals surface area contributed by atoms with Crippen LogP contribution in [0.2, 0.25) is 0 Å². The monoisotopic (exact) mass is 1850 g/mol. The topological polar surface area (TPSA) is 698 Å². The number of benzene rings is 3. The van der Waals surface area contributed by atoms with Gasteiger partial charge in [-0.2, -0.15) is 0 Å². The first-order valence-electron chi connectivity index (χ1n) is 41.8. The molecule has 0 spiro atoms. The summed E-state index contributed by atoms with van der Waals surface area (Å²) < 4.78 is 8.38. The van der Waals surface area contributed by atoms with Gasteiger partial charge in [-0.05, 0) is 35.9 Å². The largest absolute Gasteiger partial charge is 0.480 e. The number of nitrogens with one attached hydrogen (secondary N) is 20. The highest BCUT2D eigenvalue weighted by molar-refractivity contribution is 8.00. The van der Waals surface area contributed by atoms with E-state index in [1.165, 1.54) is 119 Å². The number of imidazole rings is 9. The molecule has 134 heavy (non-hydrogen) atoms. The number of aromatic carboxylic acids is 1.